The summed E-state index contributed by atoms with van der Waals surface area (Å²) in [7, 11) is 0. The van der Waals surface area contributed by atoms with Crippen molar-refractivity contribution >= 4 is 11.6 Å². The first-order valence-corrected chi connectivity index (χ1v) is 6.02. The Hall–Kier alpha value is -1.65. The Bertz CT molecular complexity index is 569. The molecule has 0 aliphatic heterocycles. The molecule has 0 unspecified atom stereocenters. The number of nitrogens with two attached hydrogens (primary N) is 1. The van der Waals surface area contributed by atoms with E-state index in [2.05, 4.69) is 0 Å². The topological polar surface area (TPSA) is 35.2 Å². The van der Waals surface area contributed by atoms with Crippen LogP contribution in [0.25, 0.3) is 0 Å². The van der Waals surface area contributed by atoms with E-state index < -0.39 is 11.6 Å². The highest BCUT2D eigenvalue weighted by Gasteiger charge is 2.05. The first kappa shape index (κ1) is 13.8. The molecule has 5 heteroatoms. The van der Waals surface area contributed by atoms with Crippen molar-refractivity contribution in [2.45, 2.75) is 13.2 Å². The molecule has 2 aromatic carbocycles. The third-order valence-corrected chi connectivity index (χ3v) is 2.84. The van der Waals surface area contributed by atoms with Crippen molar-refractivity contribution in [1.82, 2.24) is 0 Å². The van der Waals surface area contributed by atoms with Crippen molar-refractivity contribution in [3.05, 3.63) is 64.2 Å². The van der Waals surface area contributed by atoms with E-state index >= 15 is 0 Å². The summed E-state index contributed by atoms with van der Waals surface area (Å²) in [5, 5.41) is 0.417. The van der Waals surface area contributed by atoms with Crippen molar-refractivity contribution < 1.29 is 13.5 Å². The van der Waals surface area contributed by atoms with E-state index in [0.29, 0.717) is 22.9 Å². The second-order valence-corrected chi connectivity index (χ2v) is 4.44. The quantitative estimate of drug-likeness (QED) is 0.929. The number of hydrogen-bond donors (Lipinski definition) is 1. The summed E-state index contributed by atoms with van der Waals surface area (Å²) >= 11 is 6.01. The van der Waals surface area contributed by atoms with Crippen LogP contribution in [0.3, 0.4) is 0 Å². The third kappa shape index (κ3) is 3.66. The molecule has 0 aromatic heterocycles. The van der Waals surface area contributed by atoms with E-state index in [1.165, 1.54) is 12.1 Å². The highest BCUT2D eigenvalue weighted by molar-refractivity contribution is 6.32. The Morgan fingerprint density at radius 3 is 2.26 bits per heavy atom. The van der Waals surface area contributed by atoms with Crippen molar-refractivity contribution in [3.63, 3.8) is 0 Å². The molecule has 0 atom stereocenters. The largest absolute Gasteiger partial charge is 0.487 e. The summed E-state index contributed by atoms with van der Waals surface area (Å²) in [5.41, 5.74) is 6.77. The van der Waals surface area contributed by atoms with Crippen LogP contribution in [0.5, 0.6) is 5.75 Å². The van der Waals surface area contributed by atoms with Crippen LogP contribution in [-0.4, -0.2) is 0 Å². The van der Waals surface area contributed by atoms with Gasteiger partial charge in [-0.25, -0.2) is 8.78 Å². The maximum absolute atomic E-state index is 13.0. The van der Waals surface area contributed by atoms with Crippen LogP contribution in [0.1, 0.15) is 11.1 Å². The van der Waals surface area contributed by atoms with Gasteiger partial charge in [-0.05, 0) is 35.4 Å². The van der Waals surface area contributed by atoms with Gasteiger partial charge in [0.2, 0.25) is 0 Å². The van der Waals surface area contributed by atoms with Gasteiger partial charge in [0.15, 0.2) is 0 Å². The predicted octanol–water partition coefficient (Wildman–Crippen LogP) is 3.66. The molecular weight excluding hydrogens is 272 g/mol. The summed E-state index contributed by atoms with van der Waals surface area (Å²) in [4.78, 5) is 0. The van der Waals surface area contributed by atoms with Gasteiger partial charge in [0, 0.05) is 12.6 Å². The Labute approximate surface area is 114 Å². The minimum absolute atomic E-state index is 0.0381. The fourth-order valence-electron chi connectivity index (χ4n) is 1.64. The summed E-state index contributed by atoms with van der Waals surface area (Å²) in [6.07, 6.45) is 0. The molecule has 0 bridgehead atoms. The van der Waals surface area contributed by atoms with Crippen LogP contribution >= 0.6 is 11.6 Å². The lowest BCUT2D eigenvalue weighted by Crippen LogP contribution is -1.99. The number of hydrogen-bond acceptors (Lipinski definition) is 2. The minimum Gasteiger partial charge on any atom is -0.487 e. The number of rotatable bonds is 4. The Balaban J connectivity index is 2.10. The Morgan fingerprint density at radius 1 is 1.00 bits per heavy atom. The van der Waals surface area contributed by atoms with Gasteiger partial charge in [-0.2, -0.15) is 0 Å². The van der Waals surface area contributed by atoms with Crippen molar-refractivity contribution in [3.8, 4) is 5.75 Å². The van der Waals surface area contributed by atoms with E-state index in [4.69, 9.17) is 22.1 Å². The summed E-state index contributed by atoms with van der Waals surface area (Å²) < 4.78 is 31.4. The molecule has 0 aliphatic rings. The second-order valence-electron chi connectivity index (χ2n) is 4.04. The average molecular weight is 284 g/mol. The first-order valence-electron chi connectivity index (χ1n) is 5.65. The fraction of sp³-hybridized carbons (Fsp3) is 0.143. The summed E-state index contributed by atoms with van der Waals surface area (Å²) in [6.45, 7) is 0.422. The molecule has 0 heterocycles. The molecule has 0 aliphatic carbocycles. The fourth-order valence-corrected chi connectivity index (χ4v) is 1.90. The van der Waals surface area contributed by atoms with Gasteiger partial charge in [-0.15, -0.1) is 0 Å². The van der Waals surface area contributed by atoms with E-state index in [9.17, 15) is 8.78 Å². The molecule has 19 heavy (non-hydrogen) atoms. The zero-order chi connectivity index (χ0) is 13.8. The number of benzene rings is 2. The summed E-state index contributed by atoms with van der Waals surface area (Å²) in [5.74, 6) is -0.824. The number of ether oxygens (including phenoxy) is 1. The molecule has 0 saturated carbocycles. The molecule has 0 saturated heterocycles. The maximum atomic E-state index is 13.0. The van der Waals surface area contributed by atoms with Gasteiger partial charge in [-0.3, -0.25) is 0 Å². The standard InChI is InChI=1S/C14H12ClF2NO/c15-13-5-9(7-18)1-2-14(13)19-8-10-3-11(16)6-12(17)4-10/h1-6H,7-8,18H2. The molecule has 0 spiro atoms. The van der Waals surface area contributed by atoms with Crippen LogP contribution in [0.2, 0.25) is 5.02 Å². The third-order valence-electron chi connectivity index (χ3n) is 2.55. The molecule has 0 amide bonds. The molecule has 100 valence electrons. The minimum atomic E-state index is -0.636. The molecule has 2 N–H and O–H groups in total. The zero-order valence-corrected chi connectivity index (χ0v) is 10.8. The highest BCUT2D eigenvalue weighted by atomic mass is 35.5. The van der Waals surface area contributed by atoms with Crippen LogP contribution in [0.4, 0.5) is 8.78 Å². The molecule has 2 aromatic rings. The predicted molar refractivity (Wildman–Crippen MR) is 70.0 cm³/mol. The lowest BCUT2D eigenvalue weighted by Gasteiger charge is -2.09. The van der Waals surface area contributed by atoms with Gasteiger partial charge in [0.25, 0.3) is 0 Å². The van der Waals surface area contributed by atoms with Gasteiger partial charge in [0.1, 0.15) is 24.0 Å². The smallest absolute Gasteiger partial charge is 0.138 e. The molecule has 2 rings (SSSR count). The lowest BCUT2D eigenvalue weighted by molar-refractivity contribution is 0.305. The van der Waals surface area contributed by atoms with E-state index in [1.807, 2.05) is 0 Å². The van der Waals surface area contributed by atoms with Gasteiger partial charge >= 0.3 is 0 Å². The van der Waals surface area contributed by atoms with E-state index in [0.717, 1.165) is 11.6 Å². The zero-order valence-electron chi connectivity index (χ0n) is 10.00. The monoisotopic (exact) mass is 283 g/mol. The van der Waals surface area contributed by atoms with Gasteiger partial charge in [-0.1, -0.05) is 17.7 Å². The molecule has 2 nitrogen and oxygen atoms in total. The van der Waals surface area contributed by atoms with Crippen molar-refractivity contribution in [2.75, 3.05) is 0 Å². The average Bonchev–Trinajstić information content (AvgIpc) is 2.36. The SMILES string of the molecule is NCc1ccc(OCc2cc(F)cc(F)c2)c(Cl)c1. The second kappa shape index (κ2) is 5.99. The van der Waals surface area contributed by atoms with Crippen LogP contribution < -0.4 is 10.5 Å². The lowest BCUT2D eigenvalue weighted by atomic mass is 10.2. The number of halogens is 3. The maximum Gasteiger partial charge on any atom is 0.138 e. The van der Waals surface area contributed by atoms with Gasteiger partial charge < -0.3 is 10.5 Å². The van der Waals surface area contributed by atoms with Crippen molar-refractivity contribution in [1.29, 1.82) is 0 Å². The first-order chi connectivity index (χ1) is 9.08. The van der Waals surface area contributed by atoms with Crippen LogP contribution in [-0.2, 0) is 13.2 Å². The highest BCUT2D eigenvalue weighted by Crippen LogP contribution is 2.26. The van der Waals surface area contributed by atoms with Crippen LogP contribution in [0.15, 0.2) is 36.4 Å². The summed E-state index contributed by atoms with van der Waals surface area (Å²) in [6, 6.07) is 8.40. The molecule has 0 fully saturated rings. The molecule has 0 radical (unpaired) electrons. The van der Waals surface area contributed by atoms with Crippen molar-refractivity contribution in [2.24, 2.45) is 5.73 Å². The Morgan fingerprint density at radius 2 is 1.68 bits per heavy atom. The van der Waals surface area contributed by atoms with E-state index in [1.54, 1.807) is 18.2 Å². The Kier molecular flexibility index (Phi) is 4.35. The van der Waals surface area contributed by atoms with Crippen LogP contribution in [0, 0.1) is 11.6 Å². The van der Waals surface area contributed by atoms with E-state index in [-0.39, 0.29) is 6.61 Å². The molecular formula is C14H12ClF2NO. The van der Waals surface area contributed by atoms with Gasteiger partial charge in [0.05, 0.1) is 5.02 Å². The normalized spacial score (nSPS) is 10.5.